The summed E-state index contributed by atoms with van der Waals surface area (Å²) in [5.41, 5.74) is 3.53. The Hall–Kier alpha value is -3.15. The minimum Gasteiger partial charge on any atom is -0.454 e. The molecule has 1 aliphatic heterocycles. The largest absolute Gasteiger partial charge is 0.454 e. The van der Waals surface area contributed by atoms with Gasteiger partial charge in [-0.15, -0.1) is 0 Å². The molecule has 3 N–H and O–H groups in total. The normalized spacial score (nSPS) is 13.2. The Morgan fingerprint density at radius 3 is 2.92 bits per heavy atom. The number of ether oxygens (including phenoxy) is 2. The van der Waals surface area contributed by atoms with Crippen molar-refractivity contribution in [3.63, 3.8) is 0 Å². The van der Waals surface area contributed by atoms with Gasteiger partial charge < -0.3 is 25.1 Å². The Kier molecular flexibility index (Phi) is 4.64. The predicted molar refractivity (Wildman–Crippen MR) is 103 cm³/mol. The summed E-state index contributed by atoms with van der Waals surface area (Å²) in [4.78, 5) is 7.60. The van der Waals surface area contributed by atoms with Crippen molar-refractivity contribution in [2.24, 2.45) is 4.99 Å². The van der Waals surface area contributed by atoms with E-state index in [9.17, 15) is 0 Å². The van der Waals surface area contributed by atoms with Crippen LogP contribution in [0, 0.1) is 0 Å². The smallest absolute Gasteiger partial charge is 0.231 e. The summed E-state index contributed by atoms with van der Waals surface area (Å²) >= 11 is 0. The summed E-state index contributed by atoms with van der Waals surface area (Å²) in [6, 6.07) is 14.3. The third kappa shape index (κ3) is 3.31. The molecule has 6 heteroatoms. The number of para-hydroxylation sites is 2. The molecule has 0 saturated heterocycles. The lowest BCUT2D eigenvalue weighted by Gasteiger charge is -2.13. The molecule has 0 fully saturated rings. The monoisotopic (exact) mass is 350 g/mol. The van der Waals surface area contributed by atoms with Crippen molar-refractivity contribution in [1.29, 1.82) is 0 Å². The highest BCUT2D eigenvalue weighted by Gasteiger charge is 2.17. The molecule has 2 heterocycles. The molecule has 0 radical (unpaired) electrons. The Labute approximate surface area is 152 Å². The van der Waals surface area contributed by atoms with Gasteiger partial charge in [-0.3, -0.25) is 4.99 Å². The molecular formula is C20H22N4O2. The zero-order valence-corrected chi connectivity index (χ0v) is 14.7. The number of fused-ring (bicyclic) bond motifs is 2. The molecule has 6 nitrogen and oxygen atoms in total. The highest BCUT2D eigenvalue weighted by molar-refractivity contribution is 5.83. The van der Waals surface area contributed by atoms with Gasteiger partial charge in [0.2, 0.25) is 6.79 Å². The second-order valence-corrected chi connectivity index (χ2v) is 6.11. The van der Waals surface area contributed by atoms with Crippen LogP contribution in [0.2, 0.25) is 0 Å². The van der Waals surface area contributed by atoms with E-state index in [1.807, 2.05) is 24.3 Å². The first-order chi connectivity index (χ1) is 12.8. The Balaban J connectivity index is 1.32. The van der Waals surface area contributed by atoms with Crippen molar-refractivity contribution in [2.45, 2.75) is 13.0 Å². The lowest BCUT2D eigenvalue weighted by molar-refractivity contribution is 0.173. The molecule has 0 amide bonds. The minimum atomic E-state index is 0.282. The van der Waals surface area contributed by atoms with E-state index in [0.29, 0.717) is 6.54 Å². The number of nitrogens with one attached hydrogen (secondary N) is 3. The van der Waals surface area contributed by atoms with Crippen LogP contribution in [0.1, 0.15) is 11.1 Å². The van der Waals surface area contributed by atoms with Gasteiger partial charge in [-0.2, -0.15) is 0 Å². The lowest BCUT2D eigenvalue weighted by atomic mass is 10.1. The SMILES string of the molecule is CN=C(NCCc1c[nH]c2ccccc12)NCc1cccc2c1OCO2. The van der Waals surface area contributed by atoms with Crippen molar-refractivity contribution >= 4 is 16.9 Å². The van der Waals surface area contributed by atoms with Crippen LogP contribution in [0.3, 0.4) is 0 Å². The highest BCUT2D eigenvalue weighted by atomic mass is 16.7. The molecule has 3 aromatic rings. The van der Waals surface area contributed by atoms with Crippen LogP contribution in [0.15, 0.2) is 53.7 Å². The molecule has 1 aliphatic rings. The summed E-state index contributed by atoms with van der Waals surface area (Å²) in [6.45, 7) is 1.71. The van der Waals surface area contributed by atoms with E-state index >= 15 is 0 Å². The summed E-state index contributed by atoms with van der Waals surface area (Å²) in [5, 5.41) is 7.96. The Morgan fingerprint density at radius 1 is 1.08 bits per heavy atom. The maximum Gasteiger partial charge on any atom is 0.231 e. The number of rotatable bonds is 5. The zero-order valence-electron chi connectivity index (χ0n) is 14.7. The first kappa shape index (κ1) is 16.3. The van der Waals surface area contributed by atoms with Crippen LogP contribution < -0.4 is 20.1 Å². The molecule has 26 heavy (non-hydrogen) atoms. The van der Waals surface area contributed by atoms with Crippen LogP contribution in [0.25, 0.3) is 10.9 Å². The first-order valence-corrected chi connectivity index (χ1v) is 8.72. The number of guanidine groups is 1. The molecule has 134 valence electrons. The molecule has 0 saturated carbocycles. The number of hydrogen-bond donors (Lipinski definition) is 3. The number of benzene rings is 2. The van der Waals surface area contributed by atoms with E-state index in [0.717, 1.165) is 36.0 Å². The molecule has 0 unspecified atom stereocenters. The molecule has 1 aromatic heterocycles. The fourth-order valence-electron chi connectivity index (χ4n) is 3.18. The van der Waals surface area contributed by atoms with E-state index in [-0.39, 0.29) is 6.79 Å². The molecule has 0 spiro atoms. The van der Waals surface area contributed by atoms with Crippen molar-refractivity contribution in [3.8, 4) is 11.5 Å². The van der Waals surface area contributed by atoms with Crippen LogP contribution in [0.4, 0.5) is 0 Å². The third-order valence-electron chi connectivity index (χ3n) is 4.51. The van der Waals surface area contributed by atoms with Gasteiger partial charge in [-0.25, -0.2) is 0 Å². The Morgan fingerprint density at radius 2 is 2.00 bits per heavy atom. The van der Waals surface area contributed by atoms with Gasteiger partial charge >= 0.3 is 0 Å². The summed E-state index contributed by atoms with van der Waals surface area (Å²) in [6.07, 6.45) is 3.00. The second-order valence-electron chi connectivity index (χ2n) is 6.11. The van der Waals surface area contributed by atoms with Crippen LogP contribution in [0.5, 0.6) is 11.5 Å². The molecule has 0 atom stereocenters. The van der Waals surface area contributed by atoms with Gasteiger partial charge in [-0.1, -0.05) is 30.3 Å². The number of aromatic nitrogens is 1. The van der Waals surface area contributed by atoms with Gasteiger partial charge in [0.25, 0.3) is 0 Å². The van der Waals surface area contributed by atoms with Gasteiger partial charge in [0.15, 0.2) is 17.5 Å². The van der Waals surface area contributed by atoms with Crippen molar-refractivity contribution in [3.05, 3.63) is 59.8 Å². The number of hydrogen-bond acceptors (Lipinski definition) is 3. The van der Waals surface area contributed by atoms with Crippen molar-refractivity contribution in [2.75, 3.05) is 20.4 Å². The lowest BCUT2D eigenvalue weighted by Crippen LogP contribution is -2.37. The zero-order chi connectivity index (χ0) is 17.8. The number of aromatic amines is 1. The standard InChI is InChI=1S/C20H22N4O2/c1-21-20(24-12-15-5-4-8-18-19(15)26-13-25-18)22-10-9-14-11-23-17-7-3-2-6-16(14)17/h2-8,11,23H,9-10,12-13H2,1H3,(H2,21,22,24). The highest BCUT2D eigenvalue weighted by Crippen LogP contribution is 2.35. The maximum atomic E-state index is 5.54. The second kappa shape index (κ2) is 7.39. The van der Waals surface area contributed by atoms with Gasteiger partial charge in [-0.05, 0) is 24.1 Å². The topological polar surface area (TPSA) is 70.7 Å². The first-order valence-electron chi connectivity index (χ1n) is 8.72. The number of aliphatic imine (C=N–C) groups is 1. The van der Waals surface area contributed by atoms with Gasteiger partial charge in [0.05, 0.1) is 0 Å². The molecular weight excluding hydrogens is 328 g/mol. The van der Waals surface area contributed by atoms with Gasteiger partial charge in [0.1, 0.15) is 0 Å². The minimum absolute atomic E-state index is 0.282. The average molecular weight is 350 g/mol. The van der Waals surface area contributed by atoms with Crippen LogP contribution >= 0.6 is 0 Å². The Bertz CT molecular complexity index is 932. The summed E-state index contributed by atoms with van der Waals surface area (Å²) in [7, 11) is 1.77. The summed E-state index contributed by atoms with van der Waals surface area (Å²) in [5.74, 6) is 2.38. The average Bonchev–Trinajstić information content (AvgIpc) is 3.32. The van der Waals surface area contributed by atoms with Gasteiger partial charge in [0, 0.05) is 42.8 Å². The third-order valence-corrected chi connectivity index (χ3v) is 4.51. The fourth-order valence-corrected chi connectivity index (χ4v) is 3.18. The molecule has 2 aromatic carbocycles. The van der Waals surface area contributed by atoms with E-state index in [1.54, 1.807) is 7.05 Å². The quantitative estimate of drug-likeness (QED) is 0.489. The number of H-pyrrole nitrogens is 1. The van der Waals surface area contributed by atoms with E-state index in [1.165, 1.54) is 16.5 Å². The van der Waals surface area contributed by atoms with E-state index in [4.69, 9.17) is 9.47 Å². The predicted octanol–water partition coefficient (Wildman–Crippen LogP) is 2.80. The number of nitrogens with zero attached hydrogens (tertiary/aromatic N) is 1. The molecule has 4 rings (SSSR count). The van der Waals surface area contributed by atoms with Crippen molar-refractivity contribution < 1.29 is 9.47 Å². The van der Waals surface area contributed by atoms with Crippen LogP contribution in [-0.4, -0.2) is 31.3 Å². The molecule has 0 bridgehead atoms. The fraction of sp³-hybridized carbons (Fsp3) is 0.250. The van der Waals surface area contributed by atoms with E-state index < -0.39 is 0 Å². The maximum absolute atomic E-state index is 5.54. The molecule has 0 aliphatic carbocycles. The van der Waals surface area contributed by atoms with Crippen molar-refractivity contribution in [1.82, 2.24) is 15.6 Å². The summed E-state index contributed by atoms with van der Waals surface area (Å²) < 4.78 is 11.0. The van der Waals surface area contributed by atoms with E-state index in [2.05, 4.69) is 45.0 Å². The van der Waals surface area contributed by atoms with Crippen LogP contribution in [-0.2, 0) is 13.0 Å².